The third kappa shape index (κ3) is 2.20. The van der Waals surface area contributed by atoms with Crippen LogP contribution in [0.15, 0.2) is 41.2 Å². The molecule has 1 aliphatic heterocycles. The van der Waals surface area contributed by atoms with Crippen molar-refractivity contribution < 1.29 is 0 Å². The van der Waals surface area contributed by atoms with Gasteiger partial charge in [-0.25, -0.2) is 0 Å². The maximum atomic E-state index is 8.30. The van der Waals surface area contributed by atoms with E-state index in [-0.39, 0.29) is 5.92 Å². The van der Waals surface area contributed by atoms with Crippen LogP contribution in [-0.4, -0.2) is 10.3 Å². The average molecular weight is 308 g/mol. The zero-order chi connectivity index (χ0) is 15.1. The van der Waals surface area contributed by atoms with Gasteiger partial charge in [0.1, 0.15) is 0 Å². The number of nitrogens with zero attached hydrogens (tertiary/aromatic N) is 1. The summed E-state index contributed by atoms with van der Waals surface area (Å²) >= 11 is 1.74. The third-order valence-corrected chi connectivity index (χ3v) is 5.51. The van der Waals surface area contributed by atoms with Gasteiger partial charge in [-0.2, -0.15) is 11.3 Å². The number of para-hydroxylation sites is 1. The molecule has 3 aromatic rings. The summed E-state index contributed by atoms with van der Waals surface area (Å²) in [7, 11) is 0. The van der Waals surface area contributed by atoms with E-state index in [9.17, 15) is 0 Å². The molecule has 0 aliphatic carbocycles. The lowest BCUT2D eigenvalue weighted by Crippen LogP contribution is -2.11. The highest BCUT2D eigenvalue weighted by atomic mass is 32.1. The van der Waals surface area contributed by atoms with Crippen molar-refractivity contribution in [2.24, 2.45) is 0 Å². The minimum absolute atomic E-state index is 0.187. The lowest BCUT2D eigenvalue weighted by Gasteiger charge is -2.15. The van der Waals surface area contributed by atoms with Crippen LogP contribution in [0.1, 0.15) is 36.0 Å². The van der Waals surface area contributed by atoms with Gasteiger partial charge in [0.25, 0.3) is 0 Å². The Balaban J connectivity index is 1.85. The zero-order valence-electron chi connectivity index (χ0n) is 12.8. The van der Waals surface area contributed by atoms with E-state index in [4.69, 9.17) is 5.41 Å². The Kier molecular flexibility index (Phi) is 3.38. The average Bonchev–Trinajstić information content (AvgIpc) is 3.14. The van der Waals surface area contributed by atoms with Gasteiger partial charge in [0.05, 0.1) is 5.52 Å². The maximum absolute atomic E-state index is 8.30. The Bertz CT molecular complexity index is 827. The van der Waals surface area contributed by atoms with Gasteiger partial charge in [-0.15, -0.1) is 0 Å². The van der Waals surface area contributed by atoms with Crippen LogP contribution in [0.25, 0.3) is 10.9 Å². The first-order chi connectivity index (χ1) is 10.7. The molecule has 1 N–H and O–H groups in total. The number of hydrogen-bond acceptors (Lipinski definition) is 2. The van der Waals surface area contributed by atoms with Crippen LogP contribution in [-0.2, 0) is 19.4 Å². The summed E-state index contributed by atoms with van der Waals surface area (Å²) in [5.74, 6) is 0.187. The molecule has 0 radical (unpaired) electrons. The summed E-state index contributed by atoms with van der Waals surface area (Å²) < 4.78 is 2.41. The van der Waals surface area contributed by atoms with Gasteiger partial charge in [0, 0.05) is 29.8 Å². The minimum Gasteiger partial charge on any atom is -0.347 e. The van der Waals surface area contributed by atoms with E-state index >= 15 is 0 Å². The molecule has 2 aromatic heterocycles. The molecule has 3 heteroatoms. The molecule has 0 saturated heterocycles. The van der Waals surface area contributed by atoms with E-state index < -0.39 is 0 Å². The summed E-state index contributed by atoms with van der Waals surface area (Å²) in [6, 6.07) is 8.85. The van der Waals surface area contributed by atoms with Gasteiger partial charge in [0.2, 0.25) is 0 Å². The quantitative estimate of drug-likeness (QED) is 0.656. The number of nitrogens with one attached hydrogen (secondary N) is 1. The second-order valence-corrected chi connectivity index (χ2v) is 7.05. The first-order valence-corrected chi connectivity index (χ1v) is 8.85. The molecule has 0 amide bonds. The Morgan fingerprint density at radius 2 is 2.27 bits per heavy atom. The normalized spacial score (nSPS) is 15.1. The highest BCUT2D eigenvalue weighted by Crippen LogP contribution is 2.35. The van der Waals surface area contributed by atoms with Gasteiger partial charge in [-0.1, -0.05) is 18.2 Å². The van der Waals surface area contributed by atoms with Gasteiger partial charge >= 0.3 is 0 Å². The van der Waals surface area contributed by atoms with Crippen LogP contribution in [0.5, 0.6) is 0 Å². The van der Waals surface area contributed by atoms with E-state index in [0.29, 0.717) is 0 Å². The molecular formula is C19H20N2S. The van der Waals surface area contributed by atoms with Crippen LogP contribution < -0.4 is 0 Å². The standard InChI is InChI=1S/C19H20N2S/c1-13(20)17(10-14-7-9-22-12-14)18-11-21-8-3-5-15-4-2-6-16(18)19(15)21/h2,4,6-7,9,11-12,17,20H,3,5,8,10H2,1H3. The van der Waals surface area contributed by atoms with Crippen molar-refractivity contribution >= 4 is 28.0 Å². The van der Waals surface area contributed by atoms with E-state index in [0.717, 1.165) is 18.7 Å². The third-order valence-electron chi connectivity index (χ3n) is 4.78. The molecule has 22 heavy (non-hydrogen) atoms. The monoisotopic (exact) mass is 308 g/mol. The predicted octanol–water partition coefficient (Wildman–Crippen LogP) is 5.01. The molecule has 1 atom stereocenters. The van der Waals surface area contributed by atoms with E-state index in [1.54, 1.807) is 11.3 Å². The number of aryl methyl sites for hydroxylation is 2. The lowest BCUT2D eigenvalue weighted by molar-refractivity contribution is 0.633. The highest BCUT2D eigenvalue weighted by Gasteiger charge is 2.23. The smallest absolute Gasteiger partial charge is 0.0515 e. The number of rotatable bonds is 4. The molecule has 0 saturated carbocycles. The second-order valence-electron chi connectivity index (χ2n) is 6.27. The van der Waals surface area contributed by atoms with Crippen molar-refractivity contribution in [1.29, 1.82) is 5.41 Å². The van der Waals surface area contributed by atoms with E-state index in [1.165, 1.54) is 40.4 Å². The molecule has 112 valence electrons. The largest absolute Gasteiger partial charge is 0.347 e. The topological polar surface area (TPSA) is 28.8 Å². The lowest BCUT2D eigenvalue weighted by atomic mass is 9.88. The van der Waals surface area contributed by atoms with Gasteiger partial charge in [-0.3, -0.25) is 0 Å². The summed E-state index contributed by atoms with van der Waals surface area (Å²) in [4.78, 5) is 0. The van der Waals surface area contributed by atoms with Crippen molar-refractivity contribution in [3.05, 3.63) is 57.9 Å². The molecule has 0 bridgehead atoms. The number of thiophene rings is 1. The van der Waals surface area contributed by atoms with Gasteiger partial charge < -0.3 is 9.98 Å². The SMILES string of the molecule is CC(=N)C(Cc1ccsc1)c1cn2c3c(cccc13)CCC2. The van der Waals surface area contributed by atoms with Crippen molar-refractivity contribution in [1.82, 2.24) is 4.57 Å². The fraction of sp³-hybridized carbons (Fsp3) is 0.316. The maximum Gasteiger partial charge on any atom is 0.0515 e. The summed E-state index contributed by atoms with van der Waals surface area (Å²) in [6.45, 7) is 3.05. The van der Waals surface area contributed by atoms with Crippen LogP contribution in [0.3, 0.4) is 0 Å². The number of hydrogen-bond donors (Lipinski definition) is 1. The molecule has 1 unspecified atom stereocenters. The van der Waals surface area contributed by atoms with Crippen molar-refractivity contribution in [2.75, 3.05) is 0 Å². The molecule has 1 aromatic carbocycles. The molecule has 0 spiro atoms. The van der Waals surface area contributed by atoms with Crippen LogP contribution >= 0.6 is 11.3 Å². The van der Waals surface area contributed by atoms with Crippen LogP contribution in [0.4, 0.5) is 0 Å². The molecule has 3 heterocycles. The minimum atomic E-state index is 0.187. The highest BCUT2D eigenvalue weighted by molar-refractivity contribution is 7.07. The van der Waals surface area contributed by atoms with Crippen LogP contribution in [0, 0.1) is 5.41 Å². The summed E-state index contributed by atoms with van der Waals surface area (Å²) in [6.07, 6.45) is 5.64. The molecule has 2 nitrogen and oxygen atoms in total. The Hall–Kier alpha value is -1.87. The van der Waals surface area contributed by atoms with Crippen molar-refractivity contribution in [3.63, 3.8) is 0 Å². The molecule has 4 rings (SSSR count). The van der Waals surface area contributed by atoms with E-state index in [2.05, 4.69) is 45.8 Å². The molecule has 0 fully saturated rings. The zero-order valence-corrected chi connectivity index (χ0v) is 13.6. The van der Waals surface area contributed by atoms with E-state index in [1.807, 2.05) is 6.92 Å². The first kappa shape index (κ1) is 13.8. The fourth-order valence-electron chi connectivity index (χ4n) is 3.70. The fourth-order valence-corrected chi connectivity index (χ4v) is 4.38. The Morgan fingerprint density at radius 3 is 3.05 bits per heavy atom. The molecule has 1 aliphatic rings. The van der Waals surface area contributed by atoms with Gasteiger partial charge in [-0.05, 0) is 59.7 Å². The van der Waals surface area contributed by atoms with Crippen LogP contribution in [0.2, 0.25) is 0 Å². The number of aromatic nitrogens is 1. The Morgan fingerprint density at radius 1 is 1.36 bits per heavy atom. The van der Waals surface area contributed by atoms with Crippen molar-refractivity contribution in [3.8, 4) is 0 Å². The number of benzene rings is 1. The van der Waals surface area contributed by atoms with Gasteiger partial charge in [0.15, 0.2) is 0 Å². The summed E-state index contributed by atoms with van der Waals surface area (Å²) in [5, 5.41) is 14.0. The first-order valence-electron chi connectivity index (χ1n) is 7.91. The Labute approximate surface area is 134 Å². The summed E-state index contributed by atoms with van der Waals surface area (Å²) in [5.41, 5.74) is 6.30. The molecular weight excluding hydrogens is 288 g/mol. The second kappa shape index (κ2) is 5.40. The predicted molar refractivity (Wildman–Crippen MR) is 94.4 cm³/mol. The van der Waals surface area contributed by atoms with Crippen molar-refractivity contribution in [2.45, 2.75) is 38.6 Å².